The van der Waals surface area contributed by atoms with E-state index in [9.17, 15) is 4.21 Å². The fourth-order valence-electron chi connectivity index (χ4n) is 0.580. The second kappa shape index (κ2) is 10.6. The molecule has 68 valence electrons. The second-order valence-corrected chi connectivity index (χ2v) is 3.76. The van der Waals surface area contributed by atoms with Crippen molar-refractivity contribution in [1.29, 1.82) is 0 Å². The molecule has 0 unspecified atom stereocenters. The predicted octanol–water partition coefficient (Wildman–Crippen LogP) is 1.34. The first-order valence-corrected chi connectivity index (χ1v) is 5.38. The van der Waals surface area contributed by atoms with Crippen LogP contribution in [0.5, 0.6) is 0 Å². The van der Waals surface area contributed by atoms with Gasteiger partial charge in [-0.25, -0.2) is 6.61 Å². The summed E-state index contributed by atoms with van der Waals surface area (Å²) in [6.07, 6.45) is 7.00. The molecule has 1 rings (SSSR count). The van der Waals surface area contributed by atoms with Gasteiger partial charge in [-0.1, -0.05) is 6.42 Å². The van der Waals surface area contributed by atoms with Crippen LogP contribution in [0, 0.1) is 6.61 Å². The number of ether oxygens (including phenoxy) is 1. The molecule has 2 nitrogen and oxygen atoms in total. The Bertz CT molecular complexity index is 78.9. The van der Waals surface area contributed by atoms with Gasteiger partial charge < -0.3 is 4.74 Å². The minimum atomic E-state index is -0.611. The standard InChI is InChI=1S/C5H9O.C2H6OS.Cr/c1-2-4-6-5-3-1;1-4(2)3;/h4H,1-3,5H2;1-2H3;/q-1;;. The van der Waals surface area contributed by atoms with E-state index in [1.165, 1.54) is 12.8 Å². The first-order valence-electron chi connectivity index (χ1n) is 3.42. The molecule has 4 heteroatoms. The van der Waals surface area contributed by atoms with Gasteiger partial charge in [0.1, 0.15) is 0 Å². The van der Waals surface area contributed by atoms with Crippen molar-refractivity contribution in [2.75, 3.05) is 19.1 Å². The maximum Gasteiger partial charge on any atom is 0.0148 e. The fourth-order valence-corrected chi connectivity index (χ4v) is 0.580. The molecule has 1 aliphatic rings. The van der Waals surface area contributed by atoms with Crippen LogP contribution in [0.3, 0.4) is 0 Å². The van der Waals surface area contributed by atoms with Crippen LogP contribution in [0.4, 0.5) is 0 Å². The molecule has 0 N–H and O–H groups in total. The first-order chi connectivity index (χ1) is 4.73. The van der Waals surface area contributed by atoms with Crippen LogP contribution in [-0.4, -0.2) is 23.3 Å². The molecule has 0 amide bonds. The molecular weight excluding hydrogens is 200 g/mol. The number of hydrogen-bond donors (Lipinski definition) is 0. The molecular formula is C7H15CrO2S-. The summed E-state index contributed by atoms with van der Waals surface area (Å²) in [7, 11) is -0.611. The summed E-state index contributed by atoms with van der Waals surface area (Å²) in [6.45, 7) is 2.84. The summed E-state index contributed by atoms with van der Waals surface area (Å²) in [5.41, 5.74) is 0. The molecule has 0 aliphatic carbocycles. The molecule has 0 bridgehead atoms. The average molecular weight is 215 g/mol. The van der Waals surface area contributed by atoms with Gasteiger partial charge >= 0.3 is 0 Å². The van der Waals surface area contributed by atoms with Gasteiger partial charge in [-0.15, -0.1) is 0 Å². The zero-order chi connectivity index (χ0) is 7.82. The van der Waals surface area contributed by atoms with E-state index >= 15 is 0 Å². The predicted molar refractivity (Wildman–Crippen MR) is 44.1 cm³/mol. The van der Waals surface area contributed by atoms with Gasteiger partial charge in [-0.3, -0.25) is 4.21 Å². The zero-order valence-corrected chi connectivity index (χ0v) is 9.13. The Morgan fingerprint density at radius 1 is 1.36 bits per heavy atom. The summed E-state index contributed by atoms with van der Waals surface area (Å²) in [5.74, 6) is 0. The molecule has 1 saturated heterocycles. The SMILES string of the molecule is CS(C)=O.[CH-]1CCCCO1.[Cr]. The van der Waals surface area contributed by atoms with E-state index < -0.39 is 10.8 Å². The van der Waals surface area contributed by atoms with Crippen molar-refractivity contribution in [3.05, 3.63) is 6.61 Å². The van der Waals surface area contributed by atoms with Crippen LogP contribution in [-0.2, 0) is 32.9 Å². The van der Waals surface area contributed by atoms with Crippen molar-refractivity contribution in [2.24, 2.45) is 0 Å². The molecule has 0 atom stereocenters. The number of hydrogen-bond acceptors (Lipinski definition) is 2. The fraction of sp³-hybridized carbons (Fsp3) is 0.857. The molecule has 0 spiro atoms. The van der Waals surface area contributed by atoms with Gasteiger partial charge in [0.2, 0.25) is 0 Å². The van der Waals surface area contributed by atoms with Gasteiger partial charge in [-0.05, 0) is 6.42 Å². The molecule has 0 radical (unpaired) electrons. The zero-order valence-electron chi connectivity index (χ0n) is 7.04. The maximum atomic E-state index is 9.56. The van der Waals surface area contributed by atoms with Crippen LogP contribution >= 0.6 is 0 Å². The van der Waals surface area contributed by atoms with Gasteiger partial charge in [0.25, 0.3) is 0 Å². The van der Waals surface area contributed by atoms with E-state index in [4.69, 9.17) is 4.74 Å². The van der Waals surface area contributed by atoms with Crippen molar-refractivity contribution in [1.82, 2.24) is 0 Å². The minimum absolute atomic E-state index is 0. The third-order valence-electron chi connectivity index (χ3n) is 0.952. The smallest absolute Gasteiger partial charge is 0.0148 e. The Balaban J connectivity index is 0. The number of rotatable bonds is 0. The summed E-state index contributed by atoms with van der Waals surface area (Å²) < 4.78 is 14.5. The third-order valence-corrected chi connectivity index (χ3v) is 0.952. The summed E-state index contributed by atoms with van der Waals surface area (Å²) in [5, 5.41) is 0. The summed E-state index contributed by atoms with van der Waals surface area (Å²) in [6, 6.07) is 0. The average Bonchev–Trinajstić information content (AvgIpc) is 1.90. The molecule has 0 aromatic rings. The van der Waals surface area contributed by atoms with Gasteiger partial charge in [0, 0.05) is 47.3 Å². The Morgan fingerprint density at radius 3 is 2.00 bits per heavy atom. The minimum Gasteiger partial charge on any atom is -0.552 e. The van der Waals surface area contributed by atoms with Crippen molar-refractivity contribution >= 4 is 10.8 Å². The van der Waals surface area contributed by atoms with E-state index in [2.05, 4.69) is 0 Å². The van der Waals surface area contributed by atoms with Crippen molar-refractivity contribution in [3.63, 3.8) is 0 Å². The maximum absolute atomic E-state index is 9.56. The van der Waals surface area contributed by atoms with E-state index in [0.29, 0.717) is 0 Å². The Kier molecular flexibility index (Phi) is 13.7. The largest absolute Gasteiger partial charge is 0.552 e. The van der Waals surface area contributed by atoms with Crippen LogP contribution < -0.4 is 0 Å². The van der Waals surface area contributed by atoms with Crippen molar-refractivity contribution in [2.45, 2.75) is 19.3 Å². The monoisotopic (exact) mass is 215 g/mol. The second-order valence-electron chi connectivity index (χ2n) is 2.27. The van der Waals surface area contributed by atoms with Gasteiger partial charge in [-0.2, -0.15) is 6.42 Å². The van der Waals surface area contributed by atoms with Crippen molar-refractivity contribution < 1.29 is 26.3 Å². The molecule has 1 heterocycles. The van der Waals surface area contributed by atoms with E-state index in [0.717, 1.165) is 13.0 Å². The van der Waals surface area contributed by atoms with Gasteiger partial charge in [0.15, 0.2) is 0 Å². The van der Waals surface area contributed by atoms with Crippen LogP contribution in [0.25, 0.3) is 0 Å². The topological polar surface area (TPSA) is 26.3 Å². The quantitative estimate of drug-likeness (QED) is 0.570. The molecule has 0 aromatic heterocycles. The Hall–Kier alpha value is 0.642. The van der Waals surface area contributed by atoms with Crippen LogP contribution in [0.1, 0.15) is 19.3 Å². The molecule has 1 aliphatic heterocycles. The van der Waals surface area contributed by atoms with E-state index in [-0.39, 0.29) is 17.4 Å². The molecule has 11 heavy (non-hydrogen) atoms. The molecule has 0 aromatic carbocycles. The third kappa shape index (κ3) is 18.0. The van der Waals surface area contributed by atoms with Crippen LogP contribution in [0.2, 0.25) is 0 Å². The summed E-state index contributed by atoms with van der Waals surface area (Å²) in [4.78, 5) is 0. The first kappa shape index (κ1) is 14.2. The van der Waals surface area contributed by atoms with Gasteiger partial charge in [0.05, 0.1) is 0 Å². The Morgan fingerprint density at radius 2 is 1.91 bits per heavy atom. The molecule has 0 saturated carbocycles. The normalized spacial score (nSPS) is 16.3. The van der Waals surface area contributed by atoms with E-state index in [1.54, 1.807) is 12.5 Å². The van der Waals surface area contributed by atoms with E-state index in [1.807, 2.05) is 6.61 Å². The molecule has 1 fully saturated rings. The van der Waals surface area contributed by atoms with Crippen LogP contribution in [0.15, 0.2) is 0 Å². The summed E-state index contributed by atoms with van der Waals surface area (Å²) >= 11 is 0. The Labute approximate surface area is 82.3 Å². The van der Waals surface area contributed by atoms with Crippen molar-refractivity contribution in [3.8, 4) is 0 Å².